The van der Waals surface area contributed by atoms with E-state index in [1.165, 1.54) is 24.0 Å². The minimum Gasteiger partial charge on any atom is -0.444 e. The van der Waals surface area contributed by atoms with Crippen molar-refractivity contribution >= 4 is 6.09 Å². The molecule has 2 aliphatic rings. The second kappa shape index (κ2) is 4.80. The Morgan fingerprint density at radius 1 is 1.15 bits per heavy atom. The fourth-order valence-electron chi connectivity index (χ4n) is 2.61. The molecular weight excluding hydrogens is 250 g/mol. The summed E-state index contributed by atoms with van der Waals surface area (Å²) in [6, 6.07) is 9.16. The summed E-state index contributed by atoms with van der Waals surface area (Å²) in [5, 5.41) is 2.95. The largest absolute Gasteiger partial charge is 0.444 e. The van der Waals surface area contributed by atoms with Gasteiger partial charge in [-0.15, -0.1) is 0 Å². The van der Waals surface area contributed by atoms with E-state index in [-0.39, 0.29) is 12.1 Å². The van der Waals surface area contributed by atoms with Crippen molar-refractivity contribution in [1.82, 2.24) is 5.32 Å². The average Bonchev–Trinajstić information content (AvgIpc) is 3.21. The lowest BCUT2D eigenvalue weighted by molar-refractivity contribution is 0.0523. The van der Waals surface area contributed by atoms with Crippen molar-refractivity contribution in [3.05, 3.63) is 35.4 Å². The fourth-order valence-corrected chi connectivity index (χ4v) is 2.61. The zero-order valence-corrected chi connectivity index (χ0v) is 12.5. The molecule has 1 N–H and O–H groups in total. The molecule has 3 rings (SSSR count). The molecule has 0 aliphatic heterocycles. The number of ether oxygens (including phenoxy) is 1. The van der Waals surface area contributed by atoms with Gasteiger partial charge in [0, 0.05) is 12.0 Å². The van der Waals surface area contributed by atoms with Gasteiger partial charge in [-0.2, -0.15) is 0 Å². The Hall–Kier alpha value is -1.51. The Balaban J connectivity index is 1.52. The van der Waals surface area contributed by atoms with Gasteiger partial charge >= 0.3 is 6.09 Å². The number of carbonyl (C=O) groups excluding carboxylic acids is 1. The molecule has 2 fully saturated rings. The van der Waals surface area contributed by atoms with Crippen LogP contribution in [0.5, 0.6) is 0 Å². The third-order valence-electron chi connectivity index (χ3n) is 3.91. The Bertz CT molecular complexity index is 497. The van der Waals surface area contributed by atoms with Crippen LogP contribution in [0.3, 0.4) is 0 Å². The third kappa shape index (κ3) is 3.33. The first-order valence-electron chi connectivity index (χ1n) is 7.52. The van der Waals surface area contributed by atoms with Crippen LogP contribution < -0.4 is 5.32 Å². The van der Waals surface area contributed by atoms with E-state index in [2.05, 4.69) is 29.6 Å². The molecule has 3 heteroatoms. The molecule has 0 saturated heterocycles. The summed E-state index contributed by atoms with van der Waals surface area (Å²) in [6.45, 7) is 5.65. The smallest absolute Gasteiger partial charge is 0.407 e. The molecule has 0 spiro atoms. The van der Waals surface area contributed by atoms with Gasteiger partial charge in [0.2, 0.25) is 0 Å². The number of nitrogens with one attached hydrogen (secondary N) is 1. The summed E-state index contributed by atoms with van der Waals surface area (Å²) >= 11 is 0. The first kappa shape index (κ1) is 13.5. The topological polar surface area (TPSA) is 38.3 Å². The molecule has 2 unspecified atom stereocenters. The van der Waals surface area contributed by atoms with Gasteiger partial charge in [0.15, 0.2) is 0 Å². The lowest BCUT2D eigenvalue weighted by Crippen LogP contribution is -2.34. The van der Waals surface area contributed by atoms with Crippen molar-refractivity contribution in [1.29, 1.82) is 0 Å². The van der Waals surface area contributed by atoms with E-state index in [0.717, 1.165) is 12.3 Å². The third-order valence-corrected chi connectivity index (χ3v) is 3.91. The number of hydrogen-bond donors (Lipinski definition) is 1. The van der Waals surface area contributed by atoms with Crippen molar-refractivity contribution < 1.29 is 9.53 Å². The molecule has 3 nitrogen and oxygen atoms in total. The van der Waals surface area contributed by atoms with E-state index in [1.807, 2.05) is 20.8 Å². The minimum atomic E-state index is -0.430. The predicted octanol–water partition coefficient (Wildman–Crippen LogP) is 3.94. The number of amides is 1. The highest BCUT2D eigenvalue weighted by molar-refractivity contribution is 5.69. The number of rotatable bonds is 3. The van der Waals surface area contributed by atoms with Crippen molar-refractivity contribution in [2.45, 2.75) is 63.5 Å². The van der Waals surface area contributed by atoms with E-state index >= 15 is 0 Å². The molecule has 2 saturated carbocycles. The molecule has 0 aromatic heterocycles. The zero-order valence-electron chi connectivity index (χ0n) is 12.5. The predicted molar refractivity (Wildman–Crippen MR) is 78.9 cm³/mol. The first-order chi connectivity index (χ1) is 9.42. The van der Waals surface area contributed by atoms with Crippen LogP contribution in [-0.2, 0) is 4.74 Å². The average molecular weight is 273 g/mol. The summed E-state index contributed by atoms with van der Waals surface area (Å²) < 4.78 is 5.28. The van der Waals surface area contributed by atoms with Crippen LogP contribution in [0.2, 0.25) is 0 Å². The monoisotopic (exact) mass is 273 g/mol. The molecule has 1 amide bonds. The second-order valence-corrected chi connectivity index (χ2v) is 7.04. The zero-order chi connectivity index (χ0) is 14.3. The van der Waals surface area contributed by atoms with E-state index in [4.69, 9.17) is 4.74 Å². The highest BCUT2D eigenvalue weighted by Gasteiger charge is 2.40. The van der Waals surface area contributed by atoms with Gasteiger partial charge in [0.05, 0.1) is 0 Å². The quantitative estimate of drug-likeness (QED) is 0.905. The lowest BCUT2D eigenvalue weighted by atomic mass is 10.1. The van der Waals surface area contributed by atoms with Crippen LogP contribution in [0.15, 0.2) is 24.3 Å². The Morgan fingerprint density at radius 3 is 2.30 bits per heavy atom. The number of alkyl carbamates (subject to hydrolysis) is 1. The van der Waals surface area contributed by atoms with Crippen LogP contribution in [0.4, 0.5) is 4.79 Å². The van der Waals surface area contributed by atoms with Gasteiger partial charge in [-0.1, -0.05) is 24.3 Å². The SMILES string of the molecule is CC(C)(C)OC(=O)NC1CC1c1ccc(C2CC2)cc1. The van der Waals surface area contributed by atoms with E-state index in [1.54, 1.807) is 0 Å². The number of hydrogen-bond acceptors (Lipinski definition) is 2. The first-order valence-corrected chi connectivity index (χ1v) is 7.52. The highest BCUT2D eigenvalue weighted by atomic mass is 16.6. The molecule has 1 aromatic rings. The molecule has 20 heavy (non-hydrogen) atoms. The van der Waals surface area contributed by atoms with Crippen LogP contribution >= 0.6 is 0 Å². The van der Waals surface area contributed by atoms with Gasteiger partial charge in [-0.05, 0) is 57.1 Å². The van der Waals surface area contributed by atoms with Crippen molar-refractivity contribution in [3.63, 3.8) is 0 Å². The van der Waals surface area contributed by atoms with Crippen LogP contribution in [0.25, 0.3) is 0 Å². The number of carbonyl (C=O) groups is 1. The van der Waals surface area contributed by atoms with E-state index < -0.39 is 5.60 Å². The van der Waals surface area contributed by atoms with Gasteiger partial charge in [-0.3, -0.25) is 0 Å². The summed E-state index contributed by atoms with van der Waals surface area (Å²) in [7, 11) is 0. The summed E-state index contributed by atoms with van der Waals surface area (Å²) in [6.07, 6.45) is 3.39. The molecular formula is C17H23NO2. The van der Waals surface area contributed by atoms with E-state index in [9.17, 15) is 4.79 Å². The lowest BCUT2D eigenvalue weighted by Gasteiger charge is -2.19. The maximum absolute atomic E-state index is 11.7. The molecule has 2 aliphatic carbocycles. The van der Waals surface area contributed by atoms with Crippen molar-refractivity contribution in [3.8, 4) is 0 Å². The number of benzene rings is 1. The van der Waals surface area contributed by atoms with Gasteiger partial charge in [0.1, 0.15) is 5.60 Å². The van der Waals surface area contributed by atoms with Crippen LogP contribution in [0, 0.1) is 0 Å². The van der Waals surface area contributed by atoms with Crippen LogP contribution in [-0.4, -0.2) is 17.7 Å². The highest BCUT2D eigenvalue weighted by Crippen LogP contribution is 2.43. The normalized spacial score (nSPS) is 25.1. The van der Waals surface area contributed by atoms with Crippen molar-refractivity contribution in [2.75, 3.05) is 0 Å². The van der Waals surface area contributed by atoms with E-state index in [0.29, 0.717) is 5.92 Å². The molecule has 0 heterocycles. The maximum Gasteiger partial charge on any atom is 0.407 e. The summed E-state index contributed by atoms with van der Waals surface area (Å²) in [5.74, 6) is 1.26. The summed E-state index contributed by atoms with van der Waals surface area (Å²) in [5.41, 5.74) is 2.36. The standard InChI is InChI=1S/C17H23NO2/c1-17(2,3)20-16(19)18-15-10-14(15)13-8-6-12(7-9-13)11-4-5-11/h6-9,11,14-15H,4-5,10H2,1-3H3,(H,18,19). The van der Waals surface area contributed by atoms with Crippen LogP contribution in [0.1, 0.15) is 63.0 Å². The minimum absolute atomic E-state index is 0.233. The Morgan fingerprint density at radius 2 is 1.75 bits per heavy atom. The maximum atomic E-state index is 11.7. The van der Waals surface area contributed by atoms with Crippen molar-refractivity contribution in [2.24, 2.45) is 0 Å². The van der Waals surface area contributed by atoms with Gasteiger partial charge in [0.25, 0.3) is 0 Å². The molecule has 0 radical (unpaired) electrons. The Labute approximate surface area is 120 Å². The van der Waals surface area contributed by atoms with Gasteiger partial charge < -0.3 is 10.1 Å². The molecule has 1 aromatic carbocycles. The summed E-state index contributed by atoms with van der Waals surface area (Å²) in [4.78, 5) is 11.7. The molecule has 2 atom stereocenters. The fraction of sp³-hybridized carbons (Fsp3) is 0.588. The van der Waals surface area contributed by atoms with Gasteiger partial charge in [-0.25, -0.2) is 4.79 Å². The molecule has 0 bridgehead atoms. The molecule has 108 valence electrons. The Kier molecular flexibility index (Phi) is 3.23. The second-order valence-electron chi connectivity index (χ2n) is 7.04.